The second-order valence-corrected chi connectivity index (χ2v) is 4.65. The molecule has 2 nitrogen and oxygen atoms in total. The second kappa shape index (κ2) is 5.59. The highest BCUT2D eigenvalue weighted by Gasteiger charge is 2.19. The van der Waals surface area contributed by atoms with Gasteiger partial charge in [0.05, 0.1) is 6.10 Å². The zero-order valence-corrected chi connectivity index (χ0v) is 10.2. The number of ether oxygens (including phenoxy) is 1. The number of aliphatic hydroxyl groups is 1. The summed E-state index contributed by atoms with van der Waals surface area (Å²) >= 11 is 11.3. The van der Waals surface area contributed by atoms with Gasteiger partial charge in [-0.15, -0.1) is 23.2 Å². The molecule has 0 saturated carbocycles. The first kappa shape index (κ1) is 12.6. The lowest BCUT2D eigenvalue weighted by molar-refractivity contribution is 0.178. The molecule has 1 N–H and O–H groups in total. The van der Waals surface area contributed by atoms with E-state index >= 15 is 0 Å². The Hall–Kier alpha value is -0.440. The van der Waals surface area contributed by atoms with Crippen LogP contribution in [0.25, 0.3) is 0 Å². The fourth-order valence-corrected chi connectivity index (χ4v) is 1.49. The van der Waals surface area contributed by atoms with Crippen LogP contribution in [0.3, 0.4) is 0 Å². The van der Waals surface area contributed by atoms with Crippen LogP contribution in [0.4, 0.5) is 0 Å². The van der Waals surface area contributed by atoms with Crippen molar-refractivity contribution in [2.24, 2.45) is 0 Å². The molecular weight excluding hydrogens is 235 g/mol. The van der Waals surface area contributed by atoms with E-state index in [9.17, 15) is 5.11 Å². The van der Waals surface area contributed by atoms with Crippen LogP contribution in [-0.4, -0.2) is 16.0 Å². The highest BCUT2D eigenvalue weighted by Crippen LogP contribution is 2.31. The third kappa shape index (κ3) is 3.56. The van der Waals surface area contributed by atoms with Crippen LogP contribution in [0.15, 0.2) is 24.3 Å². The first-order chi connectivity index (χ1) is 7.02. The summed E-state index contributed by atoms with van der Waals surface area (Å²) in [6.07, 6.45) is -0.884. The Balaban J connectivity index is 2.95. The van der Waals surface area contributed by atoms with Crippen LogP contribution in [0, 0.1) is 0 Å². The summed E-state index contributed by atoms with van der Waals surface area (Å²) in [4.78, 5) is -0.859. The van der Waals surface area contributed by atoms with Gasteiger partial charge in [0.25, 0.3) is 0 Å². The van der Waals surface area contributed by atoms with E-state index < -0.39 is 10.9 Å². The lowest BCUT2D eigenvalue weighted by Crippen LogP contribution is -2.12. The maximum absolute atomic E-state index is 9.75. The average Bonchev–Trinajstić information content (AvgIpc) is 2.16. The number of alkyl halides is 2. The summed E-state index contributed by atoms with van der Waals surface area (Å²) in [5.74, 6) is 0.617. The summed E-state index contributed by atoms with van der Waals surface area (Å²) in [7, 11) is 0. The molecule has 0 aromatic heterocycles. The third-order valence-corrected chi connectivity index (χ3v) is 2.32. The van der Waals surface area contributed by atoms with Gasteiger partial charge < -0.3 is 9.84 Å². The van der Waals surface area contributed by atoms with Crippen molar-refractivity contribution in [1.82, 2.24) is 0 Å². The van der Waals surface area contributed by atoms with E-state index in [1.165, 1.54) is 0 Å². The van der Waals surface area contributed by atoms with Crippen LogP contribution < -0.4 is 4.74 Å². The van der Waals surface area contributed by atoms with Gasteiger partial charge in [-0.05, 0) is 19.9 Å². The largest absolute Gasteiger partial charge is 0.491 e. The molecule has 1 aromatic carbocycles. The van der Waals surface area contributed by atoms with Gasteiger partial charge in [-0.25, -0.2) is 0 Å². The second-order valence-electron chi connectivity index (χ2n) is 3.48. The topological polar surface area (TPSA) is 29.5 Å². The maximum atomic E-state index is 9.75. The summed E-state index contributed by atoms with van der Waals surface area (Å²) in [6, 6.07) is 7.18. The van der Waals surface area contributed by atoms with E-state index in [0.29, 0.717) is 11.3 Å². The van der Waals surface area contributed by atoms with Gasteiger partial charge in [-0.2, -0.15) is 0 Å². The molecule has 0 amide bonds. The lowest BCUT2D eigenvalue weighted by Gasteiger charge is -2.18. The summed E-state index contributed by atoms with van der Waals surface area (Å²) in [6.45, 7) is 3.84. The maximum Gasteiger partial charge on any atom is 0.137 e. The van der Waals surface area contributed by atoms with Crippen molar-refractivity contribution in [2.45, 2.75) is 30.9 Å². The molecule has 1 atom stereocenters. The van der Waals surface area contributed by atoms with Crippen LogP contribution in [0.2, 0.25) is 0 Å². The molecule has 0 aliphatic carbocycles. The van der Waals surface area contributed by atoms with Crippen molar-refractivity contribution in [3.05, 3.63) is 29.8 Å². The van der Waals surface area contributed by atoms with E-state index in [0.717, 1.165) is 0 Å². The zero-order chi connectivity index (χ0) is 11.4. The molecule has 1 aromatic rings. The first-order valence-corrected chi connectivity index (χ1v) is 5.61. The van der Waals surface area contributed by atoms with Crippen molar-refractivity contribution in [3.8, 4) is 5.75 Å². The van der Waals surface area contributed by atoms with Crippen molar-refractivity contribution in [3.63, 3.8) is 0 Å². The molecule has 1 rings (SSSR count). The Morgan fingerprint density at radius 1 is 1.20 bits per heavy atom. The molecule has 0 radical (unpaired) electrons. The van der Waals surface area contributed by atoms with Gasteiger partial charge in [0.15, 0.2) is 0 Å². The van der Waals surface area contributed by atoms with Gasteiger partial charge in [-0.3, -0.25) is 0 Å². The Bertz CT molecular complexity index is 313. The Morgan fingerprint density at radius 2 is 1.80 bits per heavy atom. The van der Waals surface area contributed by atoms with Gasteiger partial charge >= 0.3 is 0 Å². The summed E-state index contributed by atoms with van der Waals surface area (Å²) < 4.78 is 5.54. The van der Waals surface area contributed by atoms with E-state index in [1.807, 2.05) is 26.0 Å². The molecule has 0 heterocycles. The molecule has 4 heteroatoms. The lowest BCUT2D eigenvalue weighted by atomic mass is 10.1. The molecule has 0 fully saturated rings. The molecule has 0 bridgehead atoms. The molecule has 0 aliphatic heterocycles. The number of aliphatic hydroxyl groups excluding tert-OH is 1. The van der Waals surface area contributed by atoms with Crippen molar-refractivity contribution >= 4 is 23.2 Å². The smallest absolute Gasteiger partial charge is 0.137 e. The monoisotopic (exact) mass is 248 g/mol. The van der Waals surface area contributed by atoms with Crippen LogP contribution >= 0.6 is 23.2 Å². The van der Waals surface area contributed by atoms with E-state index in [-0.39, 0.29) is 6.10 Å². The predicted molar refractivity (Wildman–Crippen MR) is 62.7 cm³/mol. The molecule has 0 saturated heterocycles. The number of para-hydroxylation sites is 1. The standard InChI is InChI=1S/C11H14Cl2O2/c1-7(2)15-9-6-4-3-5-8(9)10(14)11(12)13/h3-7,10-11,14H,1-2H3. The highest BCUT2D eigenvalue weighted by molar-refractivity contribution is 6.44. The molecule has 0 aliphatic rings. The average molecular weight is 249 g/mol. The summed E-state index contributed by atoms with van der Waals surface area (Å²) in [5, 5.41) is 9.75. The Kier molecular flexibility index (Phi) is 4.71. The summed E-state index contributed by atoms with van der Waals surface area (Å²) in [5.41, 5.74) is 0.612. The van der Waals surface area contributed by atoms with Crippen molar-refractivity contribution < 1.29 is 9.84 Å². The van der Waals surface area contributed by atoms with E-state index in [4.69, 9.17) is 27.9 Å². The van der Waals surface area contributed by atoms with Crippen molar-refractivity contribution in [2.75, 3.05) is 0 Å². The van der Waals surface area contributed by atoms with Gasteiger partial charge in [-0.1, -0.05) is 18.2 Å². The number of hydrogen-bond acceptors (Lipinski definition) is 2. The number of halogens is 2. The van der Waals surface area contributed by atoms with Crippen molar-refractivity contribution in [1.29, 1.82) is 0 Å². The first-order valence-electron chi connectivity index (χ1n) is 4.74. The minimum atomic E-state index is -0.928. The third-order valence-electron chi connectivity index (χ3n) is 1.84. The van der Waals surface area contributed by atoms with E-state index in [1.54, 1.807) is 12.1 Å². The number of benzene rings is 1. The molecular formula is C11H14Cl2O2. The zero-order valence-electron chi connectivity index (χ0n) is 8.65. The van der Waals surface area contributed by atoms with Crippen LogP contribution in [0.5, 0.6) is 5.75 Å². The number of hydrogen-bond donors (Lipinski definition) is 1. The fourth-order valence-electron chi connectivity index (χ4n) is 1.22. The quantitative estimate of drug-likeness (QED) is 0.829. The van der Waals surface area contributed by atoms with Gasteiger partial charge in [0, 0.05) is 5.56 Å². The Morgan fingerprint density at radius 3 is 2.33 bits per heavy atom. The van der Waals surface area contributed by atoms with Crippen LogP contribution in [0.1, 0.15) is 25.5 Å². The van der Waals surface area contributed by atoms with Gasteiger partial charge in [0.1, 0.15) is 16.7 Å². The van der Waals surface area contributed by atoms with Crippen LogP contribution in [-0.2, 0) is 0 Å². The number of rotatable bonds is 4. The fraction of sp³-hybridized carbons (Fsp3) is 0.455. The predicted octanol–water partition coefficient (Wildman–Crippen LogP) is 3.31. The Labute approximate surface area is 99.8 Å². The SMILES string of the molecule is CC(C)Oc1ccccc1C(O)C(Cl)Cl. The molecule has 84 valence electrons. The minimum absolute atomic E-state index is 0.0439. The normalized spacial score (nSPS) is 13.3. The molecule has 15 heavy (non-hydrogen) atoms. The molecule has 0 spiro atoms. The molecule has 1 unspecified atom stereocenters. The van der Waals surface area contributed by atoms with E-state index in [2.05, 4.69) is 0 Å². The van der Waals surface area contributed by atoms with Gasteiger partial charge in [0.2, 0.25) is 0 Å². The highest BCUT2D eigenvalue weighted by atomic mass is 35.5. The minimum Gasteiger partial charge on any atom is -0.491 e.